The van der Waals surface area contributed by atoms with E-state index in [1.54, 1.807) is 0 Å². The maximum absolute atomic E-state index is 7.00. The molecule has 0 bridgehead atoms. The Morgan fingerprint density at radius 1 is 1.40 bits per heavy atom. The van der Waals surface area contributed by atoms with Crippen molar-refractivity contribution in [2.45, 2.75) is 0 Å². The molecule has 0 amide bonds. The summed E-state index contributed by atoms with van der Waals surface area (Å²) in [6.45, 7) is 0. The first-order valence-corrected chi connectivity index (χ1v) is 0.947. The molecule has 0 aromatic carbocycles. The average Bonchev–Trinajstić information content (AvgIpc) is 1.46. The third-order valence-electron chi connectivity index (χ3n) is 0. The van der Waals surface area contributed by atoms with Gasteiger partial charge in [0.05, 0.1) is 6.01 Å². The Bertz CT molecular complexity index is 28.6. The van der Waals surface area contributed by atoms with Crippen LogP contribution < -0.4 is 0 Å². The molecule has 0 fully saturated rings. The molecule has 5 heavy (non-hydrogen) atoms. The third-order valence-corrected chi connectivity index (χ3v) is 0. The van der Waals surface area contributed by atoms with Gasteiger partial charge in [-0.15, -0.1) is 0 Å². The van der Waals surface area contributed by atoms with Gasteiger partial charge in [-0.3, -0.25) is 0 Å². The smallest absolute Gasteiger partial charge is 0.0831 e. The lowest BCUT2D eigenvalue weighted by Crippen LogP contribution is -1.25. The van der Waals surface area contributed by atoms with Crippen LogP contribution in [0.2, 0.25) is 0 Å². The van der Waals surface area contributed by atoms with Crippen molar-refractivity contribution < 1.29 is 5.11 Å². The summed E-state index contributed by atoms with van der Waals surface area (Å²) in [5, 5.41) is 18.2. The van der Waals surface area contributed by atoms with E-state index < -0.39 is 0 Å². The van der Waals surface area contributed by atoms with Crippen LogP contribution in [0.5, 0.6) is 0 Å². The SMILES string of the molecule is CO.N=C=N. The number of hydrogen-bond donors (Lipinski definition) is 3. The van der Waals surface area contributed by atoms with Gasteiger partial charge in [-0.1, -0.05) is 0 Å². The summed E-state index contributed by atoms with van der Waals surface area (Å²) in [6, 6.07) is 1.25. The fourth-order valence-corrected chi connectivity index (χ4v) is 0. The Kier molecular flexibility index (Phi) is 280. The predicted octanol–water partition coefficient (Wildman–Crippen LogP) is -0.0737. The fourth-order valence-electron chi connectivity index (χ4n) is 0. The monoisotopic (exact) mass is 74.0 g/mol. The minimum absolute atomic E-state index is 1.00. The van der Waals surface area contributed by atoms with Crippen molar-refractivity contribution in [3.8, 4) is 0 Å². The van der Waals surface area contributed by atoms with Crippen LogP contribution in [0.15, 0.2) is 0 Å². The number of hydrogen-bond acceptors (Lipinski definition) is 3. The van der Waals surface area contributed by atoms with Crippen molar-refractivity contribution in [3.05, 3.63) is 0 Å². The first-order chi connectivity index (χ1) is 2.41. The second kappa shape index (κ2) is 158. The number of rotatable bonds is 0. The molecule has 3 N–H and O–H groups in total. The van der Waals surface area contributed by atoms with Gasteiger partial charge in [-0.2, -0.15) is 0 Å². The van der Waals surface area contributed by atoms with Gasteiger partial charge in [0.15, 0.2) is 0 Å². The van der Waals surface area contributed by atoms with E-state index in [-0.39, 0.29) is 0 Å². The predicted molar refractivity (Wildman–Crippen MR) is 18.6 cm³/mol. The lowest BCUT2D eigenvalue weighted by molar-refractivity contribution is 0.399. The molecule has 0 aromatic heterocycles. The zero-order valence-corrected chi connectivity index (χ0v) is 2.95. The Morgan fingerprint density at radius 3 is 1.40 bits per heavy atom. The van der Waals surface area contributed by atoms with Crippen LogP contribution in [0.4, 0.5) is 0 Å². The minimum Gasteiger partial charge on any atom is -0.400 e. The first-order valence-electron chi connectivity index (χ1n) is 0.947. The van der Waals surface area contributed by atoms with Gasteiger partial charge < -0.3 is 5.11 Å². The van der Waals surface area contributed by atoms with Crippen molar-refractivity contribution >= 4 is 6.01 Å². The molecular formula is C2H6N2O. The van der Waals surface area contributed by atoms with Crippen LogP contribution in [0.1, 0.15) is 0 Å². The highest BCUT2D eigenvalue weighted by Crippen LogP contribution is 0.920. The molecule has 0 aliphatic carbocycles. The summed E-state index contributed by atoms with van der Waals surface area (Å²) in [4.78, 5) is 0. The number of aliphatic hydroxyl groups is 1. The van der Waals surface area contributed by atoms with Gasteiger partial charge in [-0.05, 0) is 0 Å². The van der Waals surface area contributed by atoms with Crippen molar-refractivity contribution in [1.29, 1.82) is 10.8 Å². The van der Waals surface area contributed by atoms with E-state index in [1.807, 2.05) is 0 Å². The lowest BCUT2D eigenvalue weighted by atomic mass is 11.6. The van der Waals surface area contributed by atoms with Gasteiger partial charge in [0.1, 0.15) is 0 Å². The van der Waals surface area contributed by atoms with Crippen LogP contribution in [0, 0.1) is 10.8 Å². The molecule has 0 saturated heterocycles. The maximum Gasteiger partial charge on any atom is 0.0831 e. The van der Waals surface area contributed by atoms with Gasteiger partial charge >= 0.3 is 0 Å². The molecule has 0 radical (unpaired) electrons. The normalized spacial score (nSPS) is 2.80. The van der Waals surface area contributed by atoms with Crippen molar-refractivity contribution in [1.82, 2.24) is 0 Å². The highest BCUT2D eigenvalue weighted by atomic mass is 16.2. The van der Waals surface area contributed by atoms with E-state index in [9.17, 15) is 0 Å². The minimum atomic E-state index is 1.00. The Balaban J connectivity index is 0. The zero-order chi connectivity index (χ0) is 4.71. The fraction of sp³-hybridized carbons (Fsp3) is 0.500. The molecule has 3 nitrogen and oxygen atoms in total. The van der Waals surface area contributed by atoms with Crippen LogP contribution in [0.25, 0.3) is 0 Å². The Labute approximate surface area is 30.3 Å². The molecule has 0 spiro atoms. The van der Waals surface area contributed by atoms with E-state index in [1.165, 1.54) is 6.01 Å². The van der Waals surface area contributed by atoms with Gasteiger partial charge in [0, 0.05) is 7.11 Å². The molecular weight excluding hydrogens is 68.0 g/mol. The van der Waals surface area contributed by atoms with Crippen LogP contribution in [-0.2, 0) is 0 Å². The molecule has 0 aliphatic heterocycles. The van der Waals surface area contributed by atoms with E-state index in [4.69, 9.17) is 15.9 Å². The summed E-state index contributed by atoms with van der Waals surface area (Å²) >= 11 is 0. The second-order valence-corrected chi connectivity index (χ2v) is 0.125. The average molecular weight is 74.1 g/mol. The molecule has 0 atom stereocenters. The van der Waals surface area contributed by atoms with Crippen molar-refractivity contribution in [2.24, 2.45) is 0 Å². The summed E-state index contributed by atoms with van der Waals surface area (Å²) < 4.78 is 0. The van der Waals surface area contributed by atoms with E-state index in [0.29, 0.717) is 0 Å². The molecule has 0 rings (SSSR count). The van der Waals surface area contributed by atoms with Crippen molar-refractivity contribution in [2.75, 3.05) is 7.11 Å². The summed E-state index contributed by atoms with van der Waals surface area (Å²) in [5.74, 6) is 0. The third kappa shape index (κ3) is 13.8. The van der Waals surface area contributed by atoms with E-state index in [2.05, 4.69) is 0 Å². The molecule has 3 heteroatoms. The standard InChI is InChI=1S/CH2N2.CH4O/c2-1-3;1-2/h2-3H;2H,1H3. The van der Waals surface area contributed by atoms with E-state index in [0.717, 1.165) is 7.11 Å². The quantitative estimate of drug-likeness (QED) is 0.346. The molecule has 0 aromatic rings. The molecule has 0 heterocycles. The van der Waals surface area contributed by atoms with E-state index >= 15 is 0 Å². The van der Waals surface area contributed by atoms with Crippen LogP contribution in [-0.4, -0.2) is 18.2 Å². The van der Waals surface area contributed by atoms with Crippen LogP contribution in [0.3, 0.4) is 0 Å². The maximum atomic E-state index is 7.00. The number of aliphatic hydroxyl groups excluding tert-OH is 1. The van der Waals surface area contributed by atoms with Gasteiger partial charge in [-0.25, -0.2) is 10.8 Å². The Morgan fingerprint density at radius 2 is 1.40 bits per heavy atom. The molecule has 0 unspecified atom stereocenters. The number of nitrogens with one attached hydrogen (secondary N) is 2. The zero-order valence-electron chi connectivity index (χ0n) is 2.95. The largest absolute Gasteiger partial charge is 0.400 e. The molecule has 0 aliphatic rings. The highest BCUT2D eigenvalue weighted by molar-refractivity contribution is 5.29. The topological polar surface area (TPSA) is 67.9 Å². The molecule has 30 valence electrons. The summed E-state index contributed by atoms with van der Waals surface area (Å²) in [5.41, 5.74) is 0. The van der Waals surface area contributed by atoms with Crippen LogP contribution >= 0.6 is 0 Å². The second-order valence-electron chi connectivity index (χ2n) is 0.125. The highest BCUT2D eigenvalue weighted by Gasteiger charge is 0.934. The van der Waals surface area contributed by atoms with Gasteiger partial charge in [0.25, 0.3) is 0 Å². The first kappa shape index (κ1) is 8.84. The summed E-state index contributed by atoms with van der Waals surface area (Å²) in [7, 11) is 1.00. The Hall–Kier alpha value is -0.660. The summed E-state index contributed by atoms with van der Waals surface area (Å²) in [6.07, 6.45) is 0. The van der Waals surface area contributed by atoms with Crippen molar-refractivity contribution in [3.63, 3.8) is 0 Å². The lowest BCUT2D eigenvalue weighted by Gasteiger charge is -1.21. The molecule has 0 saturated carbocycles. The van der Waals surface area contributed by atoms with Gasteiger partial charge in [0.2, 0.25) is 0 Å².